The van der Waals surface area contributed by atoms with Crippen molar-refractivity contribution in [3.63, 3.8) is 0 Å². The largest absolute Gasteiger partial charge is 0.390 e. The lowest BCUT2D eigenvalue weighted by atomic mass is 9.82. The highest BCUT2D eigenvalue weighted by molar-refractivity contribution is 5.28. The summed E-state index contributed by atoms with van der Waals surface area (Å²) in [5.74, 6) is 0.519. The Bertz CT molecular complexity index is 633. The van der Waals surface area contributed by atoms with Crippen LogP contribution in [0.1, 0.15) is 68.5 Å². The lowest BCUT2D eigenvalue weighted by Gasteiger charge is -2.26. The number of rotatable bonds is 4. The van der Waals surface area contributed by atoms with Crippen LogP contribution in [0.25, 0.3) is 0 Å². The second-order valence-electron chi connectivity index (χ2n) is 7.31. The zero-order chi connectivity index (χ0) is 15.7. The lowest BCUT2D eigenvalue weighted by Crippen LogP contribution is -2.17. The van der Waals surface area contributed by atoms with Crippen LogP contribution in [-0.4, -0.2) is 20.1 Å². The van der Waals surface area contributed by atoms with E-state index in [0.29, 0.717) is 5.92 Å². The molecule has 0 unspecified atom stereocenters. The summed E-state index contributed by atoms with van der Waals surface area (Å²) in [6, 6.07) is 8.74. The van der Waals surface area contributed by atoms with E-state index in [4.69, 9.17) is 0 Å². The van der Waals surface area contributed by atoms with E-state index in [1.165, 1.54) is 30.4 Å². The molecule has 0 spiro atoms. The third kappa shape index (κ3) is 2.93. The van der Waals surface area contributed by atoms with Gasteiger partial charge >= 0.3 is 0 Å². The summed E-state index contributed by atoms with van der Waals surface area (Å²) in [5, 5.41) is 17.9. The standard InChI is InChI=1S/C18H25N3O/c1-18(2,3)15-9-7-13(8-10-15)11-21-17(14-5-4-6-14)16(12-22)19-20-21/h7-10,14,22H,4-6,11-12H2,1-3H3. The first kappa shape index (κ1) is 15.2. The van der Waals surface area contributed by atoms with E-state index in [9.17, 15) is 5.11 Å². The number of benzene rings is 1. The Hall–Kier alpha value is -1.68. The van der Waals surface area contributed by atoms with E-state index in [-0.39, 0.29) is 12.0 Å². The summed E-state index contributed by atoms with van der Waals surface area (Å²) in [4.78, 5) is 0. The summed E-state index contributed by atoms with van der Waals surface area (Å²) >= 11 is 0. The van der Waals surface area contributed by atoms with Crippen molar-refractivity contribution in [1.29, 1.82) is 0 Å². The minimum absolute atomic E-state index is 0.0191. The minimum atomic E-state index is -0.0191. The fourth-order valence-electron chi connectivity index (χ4n) is 3.00. The van der Waals surface area contributed by atoms with E-state index in [0.717, 1.165) is 17.9 Å². The molecule has 0 aliphatic heterocycles. The van der Waals surface area contributed by atoms with Crippen molar-refractivity contribution < 1.29 is 5.11 Å². The quantitative estimate of drug-likeness (QED) is 0.941. The molecule has 1 N–H and O–H groups in total. The molecule has 118 valence electrons. The predicted octanol–water partition coefficient (Wildman–Crippen LogP) is 3.38. The molecule has 0 atom stereocenters. The molecule has 1 aromatic carbocycles. The van der Waals surface area contributed by atoms with Gasteiger partial charge in [0.2, 0.25) is 0 Å². The van der Waals surface area contributed by atoms with E-state index in [1.807, 2.05) is 4.68 Å². The van der Waals surface area contributed by atoms with Crippen LogP contribution in [0.2, 0.25) is 0 Å². The summed E-state index contributed by atoms with van der Waals surface area (Å²) in [6.07, 6.45) is 3.63. The molecule has 0 radical (unpaired) electrons. The summed E-state index contributed by atoms with van der Waals surface area (Å²) in [5.41, 5.74) is 4.62. The Labute approximate surface area is 132 Å². The van der Waals surface area contributed by atoms with Crippen LogP contribution in [0.4, 0.5) is 0 Å². The molecule has 0 bridgehead atoms. The van der Waals surface area contributed by atoms with Crippen molar-refractivity contribution in [3.05, 3.63) is 46.8 Å². The molecule has 1 aliphatic rings. The average Bonchev–Trinajstić information content (AvgIpc) is 2.79. The van der Waals surface area contributed by atoms with Gasteiger partial charge in [-0.2, -0.15) is 0 Å². The highest BCUT2D eigenvalue weighted by Gasteiger charge is 2.27. The highest BCUT2D eigenvalue weighted by atomic mass is 16.3. The second kappa shape index (κ2) is 5.84. The van der Waals surface area contributed by atoms with Crippen LogP contribution in [0.5, 0.6) is 0 Å². The topological polar surface area (TPSA) is 50.9 Å². The maximum Gasteiger partial charge on any atom is 0.112 e. The monoisotopic (exact) mass is 299 g/mol. The Morgan fingerprint density at radius 2 is 1.86 bits per heavy atom. The van der Waals surface area contributed by atoms with Crippen molar-refractivity contribution >= 4 is 0 Å². The van der Waals surface area contributed by atoms with Gasteiger partial charge in [0.1, 0.15) is 5.69 Å². The third-order valence-corrected chi connectivity index (χ3v) is 4.64. The Morgan fingerprint density at radius 1 is 1.18 bits per heavy atom. The number of hydrogen-bond donors (Lipinski definition) is 1. The maximum absolute atomic E-state index is 9.48. The second-order valence-corrected chi connectivity index (χ2v) is 7.31. The zero-order valence-electron chi connectivity index (χ0n) is 13.7. The van der Waals surface area contributed by atoms with Gasteiger partial charge in [0.05, 0.1) is 18.8 Å². The number of aliphatic hydroxyl groups excluding tert-OH is 1. The highest BCUT2D eigenvalue weighted by Crippen LogP contribution is 2.37. The molecule has 4 nitrogen and oxygen atoms in total. The van der Waals surface area contributed by atoms with Gasteiger partial charge < -0.3 is 5.11 Å². The molecular weight excluding hydrogens is 274 g/mol. The molecule has 2 aromatic rings. The number of aliphatic hydroxyl groups is 1. The first-order valence-electron chi connectivity index (χ1n) is 8.11. The van der Waals surface area contributed by atoms with Gasteiger partial charge in [0, 0.05) is 5.92 Å². The van der Waals surface area contributed by atoms with Crippen molar-refractivity contribution in [2.24, 2.45) is 0 Å². The SMILES string of the molecule is CC(C)(C)c1ccc(Cn2nnc(CO)c2C2CCC2)cc1. The van der Waals surface area contributed by atoms with Gasteiger partial charge in [-0.1, -0.05) is 56.7 Å². The van der Waals surface area contributed by atoms with Crippen molar-refractivity contribution in [2.75, 3.05) is 0 Å². The van der Waals surface area contributed by atoms with Gasteiger partial charge in [0.25, 0.3) is 0 Å². The van der Waals surface area contributed by atoms with Crippen molar-refractivity contribution in [3.8, 4) is 0 Å². The molecule has 1 aromatic heterocycles. The summed E-state index contributed by atoms with van der Waals surface area (Å²) in [6.45, 7) is 7.38. The summed E-state index contributed by atoms with van der Waals surface area (Å²) in [7, 11) is 0. The van der Waals surface area contributed by atoms with Crippen LogP contribution in [0.15, 0.2) is 24.3 Å². The zero-order valence-corrected chi connectivity index (χ0v) is 13.7. The van der Waals surface area contributed by atoms with E-state index >= 15 is 0 Å². The molecule has 1 fully saturated rings. The molecule has 0 saturated heterocycles. The van der Waals surface area contributed by atoms with Crippen LogP contribution in [0.3, 0.4) is 0 Å². The average molecular weight is 299 g/mol. The van der Waals surface area contributed by atoms with Gasteiger partial charge in [-0.3, -0.25) is 0 Å². The maximum atomic E-state index is 9.48. The first-order valence-corrected chi connectivity index (χ1v) is 8.11. The number of aromatic nitrogens is 3. The van der Waals surface area contributed by atoms with Gasteiger partial charge in [-0.15, -0.1) is 5.10 Å². The minimum Gasteiger partial charge on any atom is -0.390 e. The smallest absolute Gasteiger partial charge is 0.112 e. The van der Waals surface area contributed by atoms with Crippen LogP contribution < -0.4 is 0 Å². The molecule has 3 rings (SSSR count). The van der Waals surface area contributed by atoms with Crippen molar-refractivity contribution in [2.45, 2.75) is 64.5 Å². The Kier molecular flexibility index (Phi) is 4.04. The molecule has 1 aliphatic carbocycles. The molecule has 0 amide bonds. The van der Waals surface area contributed by atoms with E-state index < -0.39 is 0 Å². The fraction of sp³-hybridized carbons (Fsp3) is 0.556. The molecule has 4 heteroatoms. The predicted molar refractivity (Wildman–Crippen MR) is 86.8 cm³/mol. The molecular formula is C18H25N3O. The van der Waals surface area contributed by atoms with Gasteiger partial charge in [-0.05, 0) is 29.4 Å². The van der Waals surface area contributed by atoms with Crippen LogP contribution in [0, 0.1) is 0 Å². The molecule has 1 heterocycles. The summed E-state index contributed by atoms with van der Waals surface area (Å²) < 4.78 is 1.97. The first-order chi connectivity index (χ1) is 10.5. The van der Waals surface area contributed by atoms with E-state index in [1.54, 1.807) is 0 Å². The number of hydrogen-bond acceptors (Lipinski definition) is 3. The Morgan fingerprint density at radius 3 is 2.36 bits per heavy atom. The van der Waals surface area contributed by atoms with Crippen molar-refractivity contribution in [1.82, 2.24) is 15.0 Å². The van der Waals surface area contributed by atoms with Gasteiger partial charge in [-0.25, -0.2) is 4.68 Å². The van der Waals surface area contributed by atoms with E-state index in [2.05, 4.69) is 55.3 Å². The lowest BCUT2D eigenvalue weighted by molar-refractivity contribution is 0.271. The van der Waals surface area contributed by atoms with Crippen LogP contribution in [-0.2, 0) is 18.6 Å². The molecule has 22 heavy (non-hydrogen) atoms. The molecule has 1 saturated carbocycles. The number of nitrogens with zero attached hydrogens (tertiary/aromatic N) is 3. The third-order valence-electron chi connectivity index (χ3n) is 4.64. The fourth-order valence-corrected chi connectivity index (χ4v) is 3.00. The van der Waals surface area contributed by atoms with Crippen LogP contribution >= 0.6 is 0 Å². The Balaban J connectivity index is 1.82. The van der Waals surface area contributed by atoms with Gasteiger partial charge in [0.15, 0.2) is 0 Å². The normalized spacial score (nSPS) is 15.8.